The molecule has 4 heteroatoms. The molecule has 36 heavy (non-hydrogen) atoms. The highest BCUT2D eigenvalue weighted by molar-refractivity contribution is 6.10. The van der Waals surface area contributed by atoms with E-state index in [-0.39, 0.29) is 5.54 Å². The van der Waals surface area contributed by atoms with E-state index < -0.39 is 0 Å². The Kier molecular flexibility index (Phi) is 4.28. The standard InChI is InChI=1S/C32H34N4/c1-20(2)35-28-12-7-13-29(36-26-10-5-3-8-24(26)25-9-4-6-11-27(25)36)30(28)33-31(35)34-32-17-21-14-22(18-32)16-23(15-21)19-32/h3-13,20-23H,14-19H2,1-2H3,(H,33,34). The molecule has 4 nitrogen and oxygen atoms in total. The van der Waals surface area contributed by atoms with Gasteiger partial charge in [-0.05, 0) is 94.4 Å². The molecule has 0 spiro atoms. The van der Waals surface area contributed by atoms with E-state index in [9.17, 15) is 0 Å². The van der Waals surface area contributed by atoms with Crippen LogP contribution in [0.3, 0.4) is 0 Å². The number of hydrogen-bond acceptors (Lipinski definition) is 2. The Morgan fingerprint density at radius 2 is 1.31 bits per heavy atom. The van der Waals surface area contributed by atoms with Crippen LogP contribution in [0.1, 0.15) is 58.4 Å². The summed E-state index contributed by atoms with van der Waals surface area (Å²) >= 11 is 0. The molecule has 0 unspecified atom stereocenters. The van der Waals surface area contributed by atoms with Crippen LogP contribution in [-0.4, -0.2) is 19.7 Å². The van der Waals surface area contributed by atoms with E-state index in [4.69, 9.17) is 4.98 Å². The summed E-state index contributed by atoms with van der Waals surface area (Å²) in [5.41, 5.74) is 6.18. The first-order chi connectivity index (χ1) is 17.6. The van der Waals surface area contributed by atoms with E-state index in [1.807, 2.05) is 0 Å². The summed E-state index contributed by atoms with van der Waals surface area (Å²) < 4.78 is 4.87. The van der Waals surface area contributed by atoms with Crippen LogP contribution in [0.5, 0.6) is 0 Å². The van der Waals surface area contributed by atoms with E-state index in [1.165, 1.54) is 65.8 Å². The van der Waals surface area contributed by atoms with Crippen molar-refractivity contribution in [3.63, 3.8) is 0 Å². The second-order valence-corrected chi connectivity index (χ2v) is 12.2. The lowest BCUT2D eigenvalue weighted by Crippen LogP contribution is -2.55. The van der Waals surface area contributed by atoms with Gasteiger partial charge in [0.1, 0.15) is 5.52 Å². The third-order valence-electron chi connectivity index (χ3n) is 9.45. The fourth-order valence-corrected chi connectivity index (χ4v) is 8.58. The first-order valence-electron chi connectivity index (χ1n) is 13.9. The maximum atomic E-state index is 5.41. The van der Waals surface area contributed by atoms with E-state index in [0.29, 0.717) is 6.04 Å². The molecule has 4 aliphatic carbocycles. The second-order valence-electron chi connectivity index (χ2n) is 12.2. The number of nitrogens with zero attached hydrogens (tertiary/aromatic N) is 3. The van der Waals surface area contributed by atoms with Crippen LogP contribution in [-0.2, 0) is 0 Å². The quantitative estimate of drug-likeness (QED) is 0.286. The summed E-state index contributed by atoms with van der Waals surface area (Å²) in [4.78, 5) is 5.41. The second kappa shape index (κ2) is 7.38. The SMILES string of the molecule is CC(C)n1c(NC23CC4CC(CC(C4)C2)C3)nc2c(-n3c4ccccc4c4ccccc43)cccc21. The third kappa shape index (κ3) is 2.90. The minimum absolute atomic E-state index is 0.232. The number of aromatic nitrogens is 3. The first-order valence-corrected chi connectivity index (χ1v) is 13.9. The topological polar surface area (TPSA) is 34.8 Å². The fourth-order valence-electron chi connectivity index (χ4n) is 8.58. The largest absolute Gasteiger partial charge is 0.350 e. The molecule has 4 bridgehead atoms. The zero-order valence-electron chi connectivity index (χ0n) is 21.2. The van der Waals surface area contributed by atoms with Crippen LogP contribution in [0.4, 0.5) is 5.95 Å². The number of para-hydroxylation sites is 3. The average molecular weight is 475 g/mol. The molecule has 3 aromatic carbocycles. The van der Waals surface area contributed by atoms with Crippen molar-refractivity contribution >= 4 is 38.8 Å². The van der Waals surface area contributed by atoms with Crippen LogP contribution >= 0.6 is 0 Å². The Labute approximate surface area is 212 Å². The van der Waals surface area contributed by atoms with Crippen molar-refractivity contribution in [3.8, 4) is 5.69 Å². The molecule has 0 saturated heterocycles. The van der Waals surface area contributed by atoms with Crippen LogP contribution in [0.15, 0.2) is 66.7 Å². The van der Waals surface area contributed by atoms with Crippen molar-refractivity contribution in [2.75, 3.05) is 5.32 Å². The smallest absolute Gasteiger partial charge is 0.204 e. The van der Waals surface area contributed by atoms with Gasteiger partial charge < -0.3 is 14.5 Å². The summed E-state index contributed by atoms with van der Waals surface area (Å²) in [5, 5.41) is 6.70. The Morgan fingerprint density at radius 3 is 1.89 bits per heavy atom. The van der Waals surface area contributed by atoms with Gasteiger partial charge in [0.05, 0.1) is 22.2 Å². The maximum Gasteiger partial charge on any atom is 0.204 e. The lowest BCUT2D eigenvalue weighted by atomic mass is 9.53. The normalized spacial score (nSPS) is 27.1. The van der Waals surface area contributed by atoms with E-state index >= 15 is 0 Å². The third-order valence-corrected chi connectivity index (χ3v) is 9.45. The molecule has 2 aromatic heterocycles. The van der Waals surface area contributed by atoms with E-state index in [1.54, 1.807) is 0 Å². The molecule has 4 saturated carbocycles. The van der Waals surface area contributed by atoms with E-state index in [2.05, 4.69) is 95.0 Å². The zero-order valence-corrected chi connectivity index (χ0v) is 21.2. The summed E-state index contributed by atoms with van der Waals surface area (Å²) in [6.07, 6.45) is 8.33. The van der Waals surface area contributed by atoms with Gasteiger partial charge in [-0.3, -0.25) is 0 Å². The molecule has 0 aliphatic heterocycles. The van der Waals surface area contributed by atoms with Gasteiger partial charge in [-0.25, -0.2) is 4.98 Å². The number of fused-ring (bicyclic) bond motifs is 4. The molecular formula is C32H34N4. The number of anilines is 1. The van der Waals surface area contributed by atoms with Crippen molar-refractivity contribution in [2.45, 2.75) is 64.0 Å². The predicted octanol–water partition coefficient (Wildman–Crippen LogP) is 8.10. The maximum absolute atomic E-state index is 5.41. The van der Waals surface area contributed by atoms with Gasteiger partial charge in [0, 0.05) is 22.4 Å². The minimum Gasteiger partial charge on any atom is -0.350 e. The molecule has 0 atom stereocenters. The van der Waals surface area contributed by atoms with Gasteiger partial charge in [-0.1, -0.05) is 42.5 Å². The number of benzene rings is 3. The molecule has 182 valence electrons. The highest BCUT2D eigenvalue weighted by atomic mass is 15.3. The molecule has 4 aliphatic rings. The Hall–Kier alpha value is -3.27. The van der Waals surface area contributed by atoms with Gasteiger partial charge >= 0.3 is 0 Å². The summed E-state index contributed by atoms with van der Waals surface area (Å²) in [7, 11) is 0. The predicted molar refractivity (Wildman–Crippen MR) is 149 cm³/mol. The lowest BCUT2D eigenvalue weighted by molar-refractivity contribution is 0.0102. The molecule has 9 rings (SSSR count). The van der Waals surface area contributed by atoms with Gasteiger partial charge in [-0.2, -0.15) is 0 Å². The van der Waals surface area contributed by atoms with Crippen molar-refractivity contribution in [1.29, 1.82) is 0 Å². The Balaban J connectivity index is 1.34. The molecular weight excluding hydrogens is 440 g/mol. The van der Waals surface area contributed by atoms with Crippen molar-refractivity contribution < 1.29 is 0 Å². The number of nitrogens with one attached hydrogen (secondary N) is 1. The monoisotopic (exact) mass is 474 g/mol. The molecule has 4 fully saturated rings. The van der Waals surface area contributed by atoms with Crippen molar-refractivity contribution in [2.24, 2.45) is 17.8 Å². The molecule has 1 N–H and O–H groups in total. The number of rotatable bonds is 4. The Morgan fingerprint density at radius 1 is 0.750 bits per heavy atom. The van der Waals surface area contributed by atoms with Gasteiger partial charge in [0.2, 0.25) is 5.95 Å². The fraction of sp³-hybridized carbons (Fsp3) is 0.406. The van der Waals surface area contributed by atoms with Crippen LogP contribution in [0, 0.1) is 17.8 Å². The van der Waals surface area contributed by atoms with Gasteiger partial charge in [0.25, 0.3) is 0 Å². The van der Waals surface area contributed by atoms with Crippen molar-refractivity contribution in [1.82, 2.24) is 14.1 Å². The summed E-state index contributed by atoms with van der Waals surface area (Å²) in [6.45, 7) is 4.58. The molecule has 5 aromatic rings. The minimum atomic E-state index is 0.232. The van der Waals surface area contributed by atoms with E-state index in [0.717, 1.165) is 34.9 Å². The lowest BCUT2D eigenvalue weighted by Gasteiger charge is -2.57. The highest BCUT2D eigenvalue weighted by Gasteiger charge is 2.51. The summed E-state index contributed by atoms with van der Waals surface area (Å²) in [5.74, 6) is 3.80. The average Bonchev–Trinajstić information content (AvgIpc) is 3.38. The zero-order chi connectivity index (χ0) is 24.0. The van der Waals surface area contributed by atoms with Crippen molar-refractivity contribution in [3.05, 3.63) is 66.7 Å². The summed E-state index contributed by atoms with van der Waals surface area (Å²) in [6, 6.07) is 24.6. The van der Waals surface area contributed by atoms with Crippen LogP contribution in [0.2, 0.25) is 0 Å². The first kappa shape index (κ1) is 20.9. The number of imidazole rings is 1. The van der Waals surface area contributed by atoms with Crippen LogP contribution < -0.4 is 5.32 Å². The molecule has 2 heterocycles. The highest BCUT2D eigenvalue weighted by Crippen LogP contribution is 2.56. The van der Waals surface area contributed by atoms with Crippen LogP contribution in [0.25, 0.3) is 38.5 Å². The number of hydrogen-bond donors (Lipinski definition) is 1. The van der Waals surface area contributed by atoms with Gasteiger partial charge in [-0.15, -0.1) is 0 Å². The molecule has 0 amide bonds. The van der Waals surface area contributed by atoms with Gasteiger partial charge in [0.15, 0.2) is 0 Å². The molecule has 0 radical (unpaired) electrons. The Bertz CT molecular complexity index is 1550.